The van der Waals surface area contributed by atoms with Gasteiger partial charge in [0.2, 0.25) is 0 Å². The van der Waals surface area contributed by atoms with Crippen LogP contribution in [0.1, 0.15) is 6.42 Å². The van der Waals surface area contributed by atoms with E-state index in [2.05, 4.69) is 38.4 Å². The lowest BCUT2D eigenvalue weighted by Gasteiger charge is -2.17. The average Bonchev–Trinajstić information content (AvgIpc) is 2.13. The molecule has 0 N–H and O–H groups in total. The minimum absolute atomic E-state index is 0.602. The molecule has 10 heavy (non-hydrogen) atoms. The first-order valence-electron chi connectivity index (χ1n) is 3.42. The van der Waals surface area contributed by atoms with E-state index in [1.165, 1.54) is 0 Å². The highest BCUT2D eigenvalue weighted by molar-refractivity contribution is 7.77. The van der Waals surface area contributed by atoms with E-state index in [0.717, 1.165) is 18.7 Å². The summed E-state index contributed by atoms with van der Waals surface area (Å²) in [6.45, 7) is 4.89. The Balaban J connectivity index is 2.49. The van der Waals surface area contributed by atoms with Crippen LogP contribution in [0.2, 0.25) is 0 Å². The predicted molar refractivity (Wildman–Crippen MR) is 46.9 cm³/mol. The second-order valence-electron chi connectivity index (χ2n) is 2.97. The third-order valence-electron chi connectivity index (χ3n) is 1.95. The smallest absolute Gasteiger partial charge is 0.0449 e. The molecule has 58 valence electrons. The van der Waals surface area contributed by atoms with Gasteiger partial charge in [0.1, 0.15) is 0 Å². The molecule has 2 nitrogen and oxygen atoms in total. The van der Waals surface area contributed by atoms with E-state index < -0.39 is 0 Å². The molecule has 1 rings (SSSR count). The number of likely N-dealkylation sites (N-methyl/N-ethyl adjacent to an activating group) is 1. The van der Waals surface area contributed by atoms with Gasteiger partial charge in [-0.25, -0.2) is 0 Å². The third-order valence-corrected chi connectivity index (χ3v) is 2.40. The molecule has 1 atom stereocenters. The highest BCUT2D eigenvalue weighted by atomic mass is 32.1. The Kier molecular flexibility index (Phi) is 2.26. The lowest BCUT2D eigenvalue weighted by atomic mass is 10.2. The molecule has 0 saturated carbocycles. The fourth-order valence-corrected chi connectivity index (χ4v) is 1.39. The van der Waals surface area contributed by atoms with E-state index in [9.17, 15) is 0 Å². The van der Waals surface area contributed by atoms with E-state index in [0.29, 0.717) is 6.04 Å². The van der Waals surface area contributed by atoms with Crippen LogP contribution in [0, 0.1) is 0 Å². The Hall–Kier alpha value is -0.150. The van der Waals surface area contributed by atoms with Gasteiger partial charge < -0.3 is 9.21 Å². The first-order valence-corrected chi connectivity index (χ1v) is 3.82. The molecule has 0 aromatic rings. The van der Waals surface area contributed by atoms with Crippen LogP contribution in [-0.4, -0.2) is 35.9 Å². The molecule has 0 aromatic heterocycles. The number of rotatable bonds is 1. The van der Waals surface area contributed by atoms with Crippen LogP contribution in [0.4, 0.5) is 0 Å². The van der Waals surface area contributed by atoms with Crippen molar-refractivity contribution in [2.75, 3.05) is 20.6 Å². The van der Waals surface area contributed by atoms with Crippen molar-refractivity contribution >= 4 is 12.8 Å². The van der Waals surface area contributed by atoms with E-state index in [-0.39, 0.29) is 0 Å². The topological polar surface area (TPSA) is 6.48 Å². The molecule has 0 radical (unpaired) electrons. The van der Waals surface area contributed by atoms with Crippen molar-refractivity contribution in [3.8, 4) is 0 Å². The van der Waals surface area contributed by atoms with Crippen molar-refractivity contribution in [3.63, 3.8) is 0 Å². The van der Waals surface area contributed by atoms with Crippen LogP contribution in [0.5, 0.6) is 0 Å². The summed E-state index contributed by atoms with van der Waals surface area (Å²) >= 11 is 4.25. The molecule has 1 aliphatic heterocycles. The Morgan fingerprint density at radius 2 is 2.30 bits per heavy atom. The van der Waals surface area contributed by atoms with Gasteiger partial charge in [-0.3, -0.25) is 0 Å². The highest BCUT2D eigenvalue weighted by Gasteiger charge is 2.24. The highest BCUT2D eigenvalue weighted by Crippen LogP contribution is 2.23. The van der Waals surface area contributed by atoms with Gasteiger partial charge in [-0.05, 0) is 14.1 Å². The van der Waals surface area contributed by atoms with Crippen LogP contribution >= 0.6 is 12.8 Å². The first-order chi connectivity index (χ1) is 4.61. The zero-order chi connectivity index (χ0) is 7.72. The fourth-order valence-electron chi connectivity index (χ4n) is 1.12. The van der Waals surface area contributed by atoms with Crippen LogP contribution in [0.25, 0.3) is 0 Å². The van der Waals surface area contributed by atoms with E-state index in [4.69, 9.17) is 0 Å². The van der Waals surface area contributed by atoms with Gasteiger partial charge in [-0.2, -0.15) is 0 Å². The fraction of sp³-hybridized carbons (Fsp3) is 0.714. The van der Waals surface area contributed by atoms with Crippen molar-refractivity contribution in [2.45, 2.75) is 12.5 Å². The van der Waals surface area contributed by atoms with Crippen molar-refractivity contribution in [1.82, 2.24) is 9.21 Å². The van der Waals surface area contributed by atoms with E-state index in [1.54, 1.807) is 0 Å². The van der Waals surface area contributed by atoms with Gasteiger partial charge in [0.15, 0.2) is 0 Å². The summed E-state index contributed by atoms with van der Waals surface area (Å²) in [5.41, 5.74) is 1.13. The quantitative estimate of drug-likeness (QED) is 0.568. The normalized spacial score (nSPS) is 26.6. The Labute approximate surface area is 68.0 Å². The van der Waals surface area contributed by atoms with Gasteiger partial charge in [-0.1, -0.05) is 19.4 Å². The maximum Gasteiger partial charge on any atom is 0.0449 e. The summed E-state index contributed by atoms with van der Waals surface area (Å²) in [6, 6.07) is 0.602. The molecule has 1 fully saturated rings. The minimum atomic E-state index is 0.602. The molecule has 1 aliphatic rings. The van der Waals surface area contributed by atoms with Crippen LogP contribution in [-0.2, 0) is 0 Å². The van der Waals surface area contributed by atoms with Gasteiger partial charge in [0.25, 0.3) is 0 Å². The van der Waals surface area contributed by atoms with Gasteiger partial charge >= 0.3 is 0 Å². The third kappa shape index (κ3) is 1.47. The van der Waals surface area contributed by atoms with E-state index in [1.807, 2.05) is 4.31 Å². The zero-order valence-corrected chi connectivity index (χ0v) is 7.43. The minimum Gasteiger partial charge on any atom is -0.322 e. The molecule has 0 spiro atoms. The molecule has 1 heterocycles. The Bertz CT molecular complexity index is 145. The summed E-state index contributed by atoms with van der Waals surface area (Å²) < 4.78 is 1.92. The van der Waals surface area contributed by atoms with Crippen LogP contribution < -0.4 is 0 Å². The molecule has 0 aliphatic carbocycles. The molecular weight excluding hydrogens is 144 g/mol. The summed E-state index contributed by atoms with van der Waals surface area (Å²) in [7, 11) is 4.18. The molecule has 1 saturated heterocycles. The van der Waals surface area contributed by atoms with Crippen molar-refractivity contribution in [3.05, 3.63) is 12.3 Å². The van der Waals surface area contributed by atoms with Crippen molar-refractivity contribution in [2.24, 2.45) is 0 Å². The maximum atomic E-state index is 4.25. The second-order valence-corrected chi connectivity index (χ2v) is 3.45. The predicted octanol–water partition coefficient (Wildman–Crippen LogP) is 0.981. The molecule has 1 unspecified atom stereocenters. The second kappa shape index (κ2) is 2.84. The molecule has 3 heteroatoms. The van der Waals surface area contributed by atoms with Crippen molar-refractivity contribution < 1.29 is 0 Å². The summed E-state index contributed by atoms with van der Waals surface area (Å²) in [6.07, 6.45) is 1.05. The summed E-state index contributed by atoms with van der Waals surface area (Å²) in [4.78, 5) is 2.21. The monoisotopic (exact) mass is 158 g/mol. The first kappa shape index (κ1) is 7.95. The Morgan fingerprint density at radius 1 is 1.70 bits per heavy atom. The Morgan fingerprint density at radius 3 is 2.50 bits per heavy atom. The van der Waals surface area contributed by atoms with Crippen LogP contribution in [0.15, 0.2) is 12.3 Å². The molecular formula is C7H14N2S. The summed E-state index contributed by atoms with van der Waals surface area (Å²) in [5, 5.41) is 0. The number of thiol groups is 1. The lowest BCUT2D eigenvalue weighted by Crippen LogP contribution is -2.29. The number of hydrogen-bond acceptors (Lipinski definition) is 3. The van der Waals surface area contributed by atoms with Crippen molar-refractivity contribution in [1.29, 1.82) is 0 Å². The molecule has 0 amide bonds. The zero-order valence-electron chi connectivity index (χ0n) is 6.54. The van der Waals surface area contributed by atoms with Gasteiger partial charge in [0, 0.05) is 24.7 Å². The SMILES string of the molecule is C=C1CC(N(C)C)CN1S. The standard InChI is InChI=1S/C7H14N2S/c1-6-4-7(8(2)3)5-9(6)10/h7,10H,1,4-5H2,2-3H3. The molecule has 0 bridgehead atoms. The van der Waals surface area contributed by atoms with Crippen LogP contribution in [0.3, 0.4) is 0 Å². The molecule has 0 aromatic carbocycles. The maximum absolute atomic E-state index is 4.25. The number of nitrogens with zero attached hydrogens (tertiary/aromatic N) is 2. The average molecular weight is 158 g/mol. The summed E-state index contributed by atoms with van der Waals surface area (Å²) in [5.74, 6) is 0. The van der Waals surface area contributed by atoms with Gasteiger partial charge in [0.05, 0.1) is 0 Å². The lowest BCUT2D eigenvalue weighted by molar-refractivity contribution is 0.306. The largest absolute Gasteiger partial charge is 0.322 e. The van der Waals surface area contributed by atoms with Gasteiger partial charge in [-0.15, -0.1) is 0 Å². The number of hydrogen-bond donors (Lipinski definition) is 1. The van der Waals surface area contributed by atoms with E-state index >= 15 is 0 Å².